The van der Waals surface area contributed by atoms with Crippen LogP contribution in [-0.4, -0.2) is 20.2 Å². The van der Waals surface area contributed by atoms with Crippen molar-refractivity contribution in [2.24, 2.45) is 0 Å². The molecule has 0 unspecified atom stereocenters. The first-order valence-corrected chi connectivity index (χ1v) is 6.43. The van der Waals surface area contributed by atoms with Crippen LogP contribution in [0.25, 0.3) is 0 Å². The molecule has 0 fully saturated rings. The summed E-state index contributed by atoms with van der Waals surface area (Å²) in [6.07, 6.45) is -1.53. The molecule has 106 valence electrons. The zero-order valence-electron chi connectivity index (χ0n) is 9.69. The fraction of sp³-hybridized carbons (Fsp3) is 0.200. The van der Waals surface area contributed by atoms with Crippen molar-refractivity contribution in [3.63, 3.8) is 0 Å². The van der Waals surface area contributed by atoms with Crippen LogP contribution in [0.5, 0.6) is 0 Å². The Morgan fingerprint density at radius 1 is 1.55 bits per heavy atom. The number of amides is 1. The third-order valence-electron chi connectivity index (χ3n) is 2.21. The number of halogens is 3. The lowest BCUT2D eigenvalue weighted by atomic mass is 10.4. The van der Waals surface area contributed by atoms with E-state index in [0.717, 1.165) is 17.6 Å². The van der Waals surface area contributed by atoms with Crippen molar-refractivity contribution in [2.75, 3.05) is 0 Å². The van der Waals surface area contributed by atoms with Gasteiger partial charge in [0, 0.05) is 6.20 Å². The lowest BCUT2D eigenvalue weighted by Crippen LogP contribution is -2.24. The topological polar surface area (TPSA) is 87.7 Å². The van der Waals surface area contributed by atoms with E-state index in [0.29, 0.717) is 0 Å². The standard InChI is InChI=1S/C10H7ClF2N4O2S/c11-6-7(20-17-9(6)18)10(19)15-3-5-14-2-1-4(16-5)8(12)13/h1-2,8H,3H2,(H,15,19)(H,17,18). The van der Waals surface area contributed by atoms with E-state index in [4.69, 9.17) is 11.6 Å². The van der Waals surface area contributed by atoms with Crippen molar-refractivity contribution in [1.29, 1.82) is 0 Å². The van der Waals surface area contributed by atoms with E-state index < -0.39 is 23.6 Å². The Bertz CT molecular complexity index is 688. The van der Waals surface area contributed by atoms with Crippen LogP contribution < -0.4 is 10.9 Å². The first-order chi connectivity index (χ1) is 9.49. The fourth-order valence-electron chi connectivity index (χ4n) is 1.30. The summed E-state index contributed by atoms with van der Waals surface area (Å²) >= 11 is 6.41. The highest BCUT2D eigenvalue weighted by atomic mass is 35.5. The predicted molar refractivity (Wildman–Crippen MR) is 68.1 cm³/mol. The van der Waals surface area contributed by atoms with Gasteiger partial charge in [0.05, 0.1) is 6.54 Å². The largest absolute Gasteiger partial charge is 0.344 e. The van der Waals surface area contributed by atoms with E-state index in [1.165, 1.54) is 6.20 Å². The highest BCUT2D eigenvalue weighted by Crippen LogP contribution is 2.16. The van der Waals surface area contributed by atoms with Crippen LogP contribution >= 0.6 is 23.1 Å². The molecule has 0 aliphatic carbocycles. The monoisotopic (exact) mass is 320 g/mol. The van der Waals surface area contributed by atoms with Crippen LogP contribution in [0.3, 0.4) is 0 Å². The van der Waals surface area contributed by atoms with Crippen molar-refractivity contribution in [3.05, 3.63) is 44.0 Å². The maximum Gasteiger partial charge on any atom is 0.280 e. The van der Waals surface area contributed by atoms with Gasteiger partial charge in [-0.3, -0.25) is 14.0 Å². The second-order valence-electron chi connectivity index (χ2n) is 3.56. The Balaban J connectivity index is 2.05. The molecule has 2 aromatic rings. The average molecular weight is 321 g/mol. The maximum absolute atomic E-state index is 12.4. The molecule has 0 saturated heterocycles. The highest BCUT2D eigenvalue weighted by Gasteiger charge is 2.16. The number of rotatable bonds is 4. The normalized spacial score (nSPS) is 10.8. The molecule has 0 saturated carbocycles. The minimum Gasteiger partial charge on any atom is -0.344 e. The SMILES string of the molecule is O=C(NCc1nccc(C(F)F)n1)c1s[nH]c(=O)c1Cl. The van der Waals surface area contributed by atoms with Crippen molar-refractivity contribution < 1.29 is 13.6 Å². The summed E-state index contributed by atoms with van der Waals surface area (Å²) in [6.45, 7) is -0.151. The van der Waals surface area contributed by atoms with Crippen molar-refractivity contribution in [3.8, 4) is 0 Å². The molecule has 1 amide bonds. The Hall–Kier alpha value is -1.87. The molecule has 10 heteroatoms. The highest BCUT2D eigenvalue weighted by molar-refractivity contribution is 7.08. The Kier molecular flexibility index (Phi) is 4.40. The molecular formula is C10H7ClF2N4O2S. The molecule has 0 aliphatic rings. The molecule has 2 N–H and O–H groups in total. The summed E-state index contributed by atoms with van der Waals surface area (Å²) in [7, 11) is 0. The van der Waals surface area contributed by atoms with Gasteiger partial charge in [0.25, 0.3) is 17.9 Å². The minimum atomic E-state index is -2.71. The van der Waals surface area contributed by atoms with Crippen LogP contribution in [-0.2, 0) is 6.54 Å². The molecular weight excluding hydrogens is 314 g/mol. The van der Waals surface area contributed by atoms with Crippen LogP contribution in [0.2, 0.25) is 5.02 Å². The summed E-state index contributed by atoms with van der Waals surface area (Å²) in [5.41, 5.74) is -0.980. The number of hydrogen-bond donors (Lipinski definition) is 2. The maximum atomic E-state index is 12.4. The van der Waals surface area contributed by atoms with Gasteiger partial charge >= 0.3 is 0 Å². The summed E-state index contributed by atoms with van der Waals surface area (Å²) < 4.78 is 27.2. The van der Waals surface area contributed by atoms with Gasteiger partial charge in [-0.05, 0) is 6.07 Å². The van der Waals surface area contributed by atoms with E-state index in [1.54, 1.807) is 0 Å². The third kappa shape index (κ3) is 3.17. The Morgan fingerprint density at radius 3 is 2.90 bits per heavy atom. The zero-order chi connectivity index (χ0) is 14.7. The molecule has 2 aromatic heterocycles. The number of aromatic amines is 1. The second-order valence-corrected chi connectivity index (χ2v) is 4.75. The van der Waals surface area contributed by atoms with Gasteiger partial charge in [-0.1, -0.05) is 23.1 Å². The predicted octanol–water partition coefficient (Wildman–Crippen LogP) is 1.75. The summed E-state index contributed by atoms with van der Waals surface area (Å²) in [5.74, 6) is -0.570. The van der Waals surface area contributed by atoms with Crippen LogP contribution in [0, 0.1) is 0 Å². The molecule has 6 nitrogen and oxygen atoms in total. The van der Waals surface area contributed by atoms with Gasteiger partial charge in [-0.2, -0.15) is 0 Å². The van der Waals surface area contributed by atoms with E-state index in [9.17, 15) is 18.4 Å². The fourth-order valence-corrected chi connectivity index (χ4v) is 2.25. The Morgan fingerprint density at radius 2 is 2.30 bits per heavy atom. The lowest BCUT2D eigenvalue weighted by Gasteiger charge is -2.04. The molecule has 0 aromatic carbocycles. The molecule has 0 bridgehead atoms. The van der Waals surface area contributed by atoms with E-state index in [-0.39, 0.29) is 22.3 Å². The number of nitrogens with zero attached hydrogens (tertiary/aromatic N) is 2. The van der Waals surface area contributed by atoms with Crippen molar-refractivity contribution in [1.82, 2.24) is 19.7 Å². The van der Waals surface area contributed by atoms with Gasteiger partial charge in [-0.15, -0.1) is 0 Å². The van der Waals surface area contributed by atoms with E-state index in [1.807, 2.05) is 0 Å². The van der Waals surface area contributed by atoms with Crippen LogP contribution in [0.4, 0.5) is 8.78 Å². The number of carbonyl (C=O) groups excluding carboxylic acids is 1. The second kappa shape index (κ2) is 6.06. The number of H-pyrrole nitrogens is 1. The number of nitrogens with one attached hydrogen (secondary N) is 2. The quantitative estimate of drug-likeness (QED) is 0.898. The number of alkyl halides is 2. The molecule has 2 heterocycles. The summed E-state index contributed by atoms with van der Waals surface area (Å²) in [5, 5.41) is 2.18. The van der Waals surface area contributed by atoms with Crippen molar-refractivity contribution in [2.45, 2.75) is 13.0 Å². The summed E-state index contributed by atoms with van der Waals surface area (Å²) in [6, 6.07) is 1.09. The van der Waals surface area contributed by atoms with E-state index >= 15 is 0 Å². The lowest BCUT2D eigenvalue weighted by molar-refractivity contribution is 0.0954. The molecule has 0 spiro atoms. The van der Waals surface area contributed by atoms with Gasteiger partial charge in [0.15, 0.2) is 0 Å². The molecule has 2 rings (SSSR count). The first kappa shape index (κ1) is 14.5. The molecule has 0 radical (unpaired) electrons. The number of hydrogen-bond acceptors (Lipinski definition) is 5. The van der Waals surface area contributed by atoms with Crippen molar-refractivity contribution >= 4 is 29.0 Å². The first-order valence-electron chi connectivity index (χ1n) is 5.24. The molecule has 0 atom stereocenters. The summed E-state index contributed by atoms with van der Waals surface area (Å²) in [4.78, 5) is 30.2. The average Bonchev–Trinajstić information content (AvgIpc) is 2.77. The zero-order valence-corrected chi connectivity index (χ0v) is 11.3. The van der Waals surface area contributed by atoms with E-state index in [2.05, 4.69) is 19.7 Å². The number of carbonyl (C=O) groups is 1. The van der Waals surface area contributed by atoms with Gasteiger partial charge in [0.2, 0.25) is 0 Å². The van der Waals surface area contributed by atoms with Gasteiger partial charge < -0.3 is 5.32 Å². The Labute approximate surface area is 120 Å². The van der Waals surface area contributed by atoms with Crippen LogP contribution in [0.1, 0.15) is 27.6 Å². The van der Waals surface area contributed by atoms with Gasteiger partial charge in [-0.25, -0.2) is 18.7 Å². The third-order valence-corrected chi connectivity index (χ3v) is 3.56. The smallest absolute Gasteiger partial charge is 0.280 e. The van der Waals surface area contributed by atoms with Crippen LogP contribution in [0.15, 0.2) is 17.1 Å². The molecule has 20 heavy (non-hydrogen) atoms. The number of aromatic nitrogens is 3. The molecule has 0 aliphatic heterocycles. The minimum absolute atomic E-state index is 0.0154. The van der Waals surface area contributed by atoms with Gasteiger partial charge in [0.1, 0.15) is 21.4 Å².